The fourth-order valence-electron chi connectivity index (χ4n) is 1.98. The first-order chi connectivity index (χ1) is 8.08. The van der Waals surface area contributed by atoms with Crippen molar-refractivity contribution in [1.29, 1.82) is 0 Å². The van der Waals surface area contributed by atoms with E-state index in [0.29, 0.717) is 12.0 Å². The molecule has 1 aromatic heterocycles. The molecule has 2 rings (SSSR count). The zero-order valence-corrected chi connectivity index (χ0v) is 11.5. The summed E-state index contributed by atoms with van der Waals surface area (Å²) in [5.74, 6) is 0.683. The minimum atomic E-state index is 0.341. The van der Waals surface area contributed by atoms with Crippen molar-refractivity contribution < 1.29 is 0 Å². The molecule has 4 nitrogen and oxygen atoms in total. The highest BCUT2D eigenvalue weighted by atomic mass is 32.1. The first-order valence-corrected chi connectivity index (χ1v) is 6.67. The van der Waals surface area contributed by atoms with Gasteiger partial charge >= 0.3 is 0 Å². The van der Waals surface area contributed by atoms with Gasteiger partial charge in [0, 0.05) is 22.8 Å². The van der Waals surface area contributed by atoms with Crippen molar-refractivity contribution in [2.24, 2.45) is 10.7 Å². The molecule has 0 saturated heterocycles. The van der Waals surface area contributed by atoms with Crippen LogP contribution in [0.25, 0.3) is 0 Å². The third-order valence-corrected chi connectivity index (χ3v) is 4.08. The fraction of sp³-hybridized carbons (Fsp3) is 0.583. The summed E-state index contributed by atoms with van der Waals surface area (Å²) in [7, 11) is 4.15. The van der Waals surface area contributed by atoms with E-state index in [2.05, 4.69) is 47.9 Å². The van der Waals surface area contributed by atoms with E-state index in [4.69, 9.17) is 5.73 Å². The molecule has 0 aliphatic carbocycles. The predicted molar refractivity (Wildman–Crippen MR) is 73.5 cm³/mol. The number of hydrogen-bond donors (Lipinski definition) is 1. The molecule has 2 heterocycles. The number of thiophene rings is 1. The lowest BCUT2D eigenvalue weighted by Gasteiger charge is -2.26. The monoisotopic (exact) mass is 252 g/mol. The van der Waals surface area contributed by atoms with Gasteiger partial charge in [0.15, 0.2) is 5.96 Å². The maximum atomic E-state index is 5.96. The van der Waals surface area contributed by atoms with Crippen LogP contribution in [-0.2, 0) is 0 Å². The Balaban J connectivity index is 2.07. The van der Waals surface area contributed by atoms with E-state index in [1.165, 1.54) is 9.75 Å². The van der Waals surface area contributed by atoms with E-state index in [-0.39, 0.29) is 0 Å². The van der Waals surface area contributed by atoms with E-state index in [1.54, 1.807) is 0 Å². The molecule has 0 amide bonds. The van der Waals surface area contributed by atoms with Gasteiger partial charge in [-0.25, -0.2) is 0 Å². The second kappa shape index (κ2) is 5.06. The minimum Gasteiger partial charge on any atom is -0.370 e. The normalized spacial score (nSPS) is 20.1. The molecule has 5 heteroatoms. The maximum absolute atomic E-state index is 5.96. The number of rotatable bonds is 4. The van der Waals surface area contributed by atoms with Gasteiger partial charge < -0.3 is 15.5 Å². The van der Waals surface area contributed by atoms with E-state index in [9.17, 15) is 0 Å². The highest BCUT2D eigenvalue weighted by Gasteiger charge is 2.28. The first kappa shape index (κ1) is 12.4. The van der Waals surface area contributed by atoms with E-state index in [0.717, 1.165) is 19.6 Å². The average molecular weight is 252 g/mol. The van der Waals surface area contributed by atoms with Crippen LogP contribution < -0.4 is 5.73 Å². The van der Waals surface area contributed by atoms with Crippen LogP contribution in [0.15, 0.2) is 17.1 Å². The summed E-state index contributed by atoms with van der Waals surface area (Å²) in [6, 6.07) is 4.70. The summed E-state index contributed by atoms with van der Waals surface area (Å²) in [6.45, 7) is 4.86. The molecule has 2 N–H and O–H groups in total. The molecule has 1 aliphatic heterocycles. The second-order valence-corrected chi connectivity index (χ2v) is 5.98. The lowest BCUT2D eigenvalue weighted by molar-refractivity contribution is 0.295. The number of guanidine groups is 1. The summed E-state index contributed by atoms with van der Waals surface area (Å²) in [5, 5.41) is 0. The quantitative estimate of drug-likeness (QED) is 0.878. The van der Waals surface area contributed by atoms with Gasteiger partial charge in [0.1, 0.15) is 0 Å². The van der Waals surface area contributed by atoms with Crippen LogP contribution >= 0.6 is 11.3 Å². The Morgan fingerprint density at radius 1 is 1.53 bits per heavy atom. The van der Waals surface area contributed by atoms with Gasteiger partial charge in [-0.15, -0.1) is 11.3 Å². The molecule has 1 unspecified atom stereocenters. The van der Waals surface area contributed by atoms with Crippen LogP contribution in [0.2, 0.25) is 0 Å². The number of hydrogen-bond acceptors (Lipinski definition) is 5. The molecule has 1 aliphatic rings. The molecule has 94 valence electrons. The molecule has 0 saturated carbocycles. The van der Waals surface area contributed by atoms with Crippen molar-refractivity contribution in [3.63, 3.8) is 0 Å². The molecule has 1 atom stereocenters. The number of aryl methyl sites for hydroxylation is 1. The van der Waals surface area contributed by atoms with E-state index < -0.39 is 0 Å². The summed E-state index contributed by atoms with van der Waals surface area (Å²) < 4.78 is 0. The summed E-state index contributed by atoms with van der Waals surface area (Å²) in [5.41, 5.74) is 5.96. The molecule has 0 spiro atoms. The van der Waals surface area contributed by atoms with Crippen LogP contribution in [0.1, 0.15) is 15.8 Å². The third-order valence-electron chi connectivity index (χ3n) is 2.97. The predicted octanol–water partition coefficient (Wildman–Crippen LogP) is 1.29. The standard InChI is InChI=1S/C12H20N4S/c1-9-4-5-11(17-9)10-8-14-12(13)16(10)7-6-15(2)3/h4-5,10H,6-8H2,1-3H3,(H2,13,14). The van der Waals surface area contributed by atoms with Gasteiger partial charge in [-0.1, -0.05) is 0 Å². The smallest absolute Gasteiger partial charge is 0.191 e. The van der Waals surface area contributed by atoms with Crippen LogP contribution in [-0.4, -0.2) is 49.5 Å². The summed E-state index contributed by atoms with van der Waals surface area (Å²) in [4.78, 5) is 11.5. The van der Waals surface area contributed by atoms with Crippen LogP contribution in [0.4, 0.5) is 0 Å². The molecular formula is C12H20N4S. The average Bonchev–Trinajstić information content (AvgIpc) is 2.82. The number of nitrogens with zero attached hydrogens (tertiary/aromatic N) is 3. The summed E-state index contributed by atoms with van der Waals surface area (Å²) >= 11 is 1.84. The zero-order chi connectivity index (χ0) is 12.4. The van der Waals surface area contributed by atoms with E-state index in [1.807, 2.05) is 11.3 Å². The Morgan fingerprint density at radius 3 is 2.88 bits per heavy atom. The fourth-order valence-corrected chi connectivity index (χ4v) is 2.97. The Labute approximate surface area is 107 Å². The van der Waals surface area contributed by atoms with Gasteiger partial charge in [-0.3, -0.25) is 4.99 Å². The molecule has 17 heavy (non-hydrogen) atoms. The second-order valence-electron chi connectivity index (χ2n) is 4.66. The SMILES string of the molecule is Cc1ccc(C2CN=C(N)N2CCN(C)C)s1. The van der Waals surface area contributed by atoms with Crippen molar-refractivity contribution in [3.05, 3.63) is 21.9 Å². The Kier molecular flexibility index (Phi) is 3.69. The summed E-state index contributed by atoms with van der Waals surface area (Å²) in [6.07, 6.45) is 0. The van der Waals surface area contributed by atoms with Crippen LogP contribution in [0.5, 0.6) is 0 Å². The Bertz CT molecular complexity index is 410. The molecule has 0 aromatic carbocycles. The maximum Gasteiger partial charge on any atom is 0.191 e. The van der Waals surface area contributed by atoms with Gasteiger partial charge in [-0.2, -0.15) is 0 Å². The Morgan fingerprint density at radius 2 is 2.29 bits per heavy atom. The van der Waals surface area contributed by atoms with Crippen LogP contribution in [0.3, 0.4) is 0 Å². The van der Waals surface area contributed by atoms with E-state index >= 15 is 0 Å². The third kappa shape index (κ3) is 2.79. The lowest BCUT2D eigenvalue weighted by atomic mass is 10.2. The molecular weight excluding hydrogens is 232 g/mol. The zero-order valence-electron chi connectivity index (χ0n) is 10.7. The number of aliphatic imine (C=N–C) groups is 1. The Hall–Kier alpha value is -1.07. The largest absolute Gasteiger partial charge is 0.370 e. The highest BCUT2D eigenvalue weighted by molar-refractivity contribution is 7.12. The van der Waals surface area contributed by atoms with Crippen LogP contribution in [0, 0.1) is 6.92 Å². The molecule has 0 fully saturated rings. The van der Waals surface area contributed by atoms with Crippen molar-refractivity contribution in [2.45, 2.75) is 13.0 Å². The number of nitrogens with two attached hydrogens (primary N) is 1. The van der Waals surface area contributed by atoms with Crippen molar-refractivity contribution in [2.75, 3.05) is 33.7 Å². The molecule has 0 bridgehead atoms. The highest BCUT2D eigenvalue weighted by Crippen LogP contribution is 2.30. The van der Waals surface area contributed by atoms with Gasteiger partial charge in [0.25, 0.3) is 0 Å². The van der Waals surface area contributed by atoms with Crippen molar-refractivity contribution >= 4 is 17.3 Å². The van der Waals surface area contributed by atoms with Gasteiger partial charge in [0.05, 0.1) is 12.6 Å². The topological polar surface area (TPSA) is 44.9 Å². The molecule has 0 radical (unpaired) electrons. The molecule has 1 aromatic rings. The minimum absolute atomic E-state index is 0.341. The van der Waals surface area contributed by atoms with Crippen molar-refractivity contribution in [3.8, 4) is 0 Å². The van der Waals surface area contributed by atoms with Gasteiger partial charge in [0.2, 0.25) is 0 Å². The van der Waals surface area contributed by atoms with Crippen molar-refractivity contribution in [1.82, 2.24) is 9.80 Å². The lowest BCUT2D eigenvalue weighted by Crippen LogP contribution is -2.40. The number of likely N-dealkylation sites (N-methyl/N-ethyl adjacent to an activating group) is 1. The first-order valence-electron chi connectivity index (χ1n) is 5.85. The van der Waals surface area contributed by atoms with Gasteiger partial charge in [-0.05, 0) is 33.2 Å².